The van der Waals surface area contributed by atoms with E-state index in [4.69, 9.17) is 81.9 Å². The van der Waals surface area contributed by atoms with Gasteiger partial charge in [-0.3, -0.25) is 0 Å². The summed E-state index contributed by atoms with van der Waals surface area (Å²) in [6, 6.07) is 140. The molecule has 14 aromatic carbocycles. The summed E-state index contributed by atoms with van der Waals surface area (Å²) < 4.78 is 32.0. The van der Waals surface area contributed by atoms with Gasteiger partial charge < -0.3 is 101 Å². The number of hydrogen-bond donors (Lipinski definition) is 0. The molecule has 0 N–H and O–H groups in total. The summed E-state index contributed by atoms with van der Waals surface area (Å²) in [5.41, 5.74) is 2.21. The maximum absolute atomic E-state index is 8.00. The standard InChI is InChI=1S/C32H16N8.2C26H24P2.2C5H5.2CN.2F2.8FH.3Fe.2Sb/c1-2-10-18-17(9-1)25-33-26(18)38-28-21-13-5-6-14-22(21)30(35-28)40-32-24-16-8-7-15-23(24)31(36-32)39-29-20-12-4-3-11-19(20)27(34-29)37-25;2*1-5-13-23(14-6-1)27(24-15-7-2-8-16-24)21-22-28(25-17-9-3-10-18-25)26-19-11-4-12-20-26;2*1-2-4-5-3-1;4*1-2;;;;;;;;;;;;;/h1-16H;2*1-20H,21-22H2;2*1-5H;;;;;8*1H;;;;;/q-4;;;4*-1;;;;;;;;;;;3*+3;;+3/p-8. The average molecular weight is 2130 g/mol. The van der Waals surface area contributed by atoms with Gasteiger partial charge in [0.15, 0.2) is 0 Å². The quantitative estimate of drug-likeness (QED) is 0.0460. The maximum Gasteiger partial charge on any atom is 3.00 e. The zero-order valence-corrected chi connectivity index (χ0v) is 78.7. The second-order valence-electron chi connectivity index (χ2n) is 24.9. The van der Waals surface area contributed by atoms with E-state index in [-0.39, 0.29) is 169 Å². The van der Waals surface area contributed by atoms with E-state index < -0.39 is 0 Å². The number of rotatable bonds is 14. The van der Waals surface area contributed by atoms with Crippen molar-refractivity contribution in [3.8, 4) is 0 Å². The SMILES string of the molecule is FF.FF.[C-]#N.[C-]#N.[F-].[F-].[F-].[F-].[F-].[F-].[F-].[F-].[Fe+3].[Fe+3].[Fe+3].[Sb+3].[Sb].c1cc[cH-]c1.c1cc[cH-]c1.c1ccc(P(CCP(c2ccccc2)c2ccccc2)c2ccccc2)cc1.c1ccc(P(CCP(c2ccccc2)c2ccccc2)c2ccccc2)cc1.c1ccc2c3[n-]c(c2c1)/N=c1\[n-]/c(c2ccccc12)=N\c1[n-]c(c2ccccc12)/N=c1\[n-]/c(c2ccccc12)=N\3. The molecule has 0 atom stereocenters. The molecule has 31 heteroatoms. The van der Waals surface area contributed by atoms with Crippen LogP contribution in [0.25, 0.3) is 43.1 Å². The third-order valence-corrected chi connectivity index (χ3v) is 28.8. The van der Waals surface area contributed by atoms with Gasteiger partial charge >= 0.3 is 75.6 Å². The van der Waals surface area contributed by atoms with Gasteiger partial charge in [-0.05, 0) is 142 Å². The van der Waals surface area contributed by atoms with Crippen molar-refractivity contribution in [2.45, 2.75) is 0 Å². The van der Waals surface area contributed by atoms with Crippen molar-refractivity contribution in [1.82, 2.24) is 19.9 Å². The molecule has 5 heterocycles. The van der Waals surface area contributed by atoms with Gasteiger partial charge in [-0.15, -0.1) is 0 Å². The van der Waals surface area contributed by atoms with Gasteiger partial charge in [0.2, 0.25) is 0 Å². The first-order valence-electron chi connectivity index (χ1n) is 36.3. The minimum Gasteiger partial charge on any atom is -1.00 e. The van der Waals surface area contributed by atoms with Crippen LogP contribution in [0.15, 0.2) is 420 Å². The van der Waals surface area contributed by atoms with Gasteiger partial charge in [0, 0.05) is 87.9 Å². The second-order valence-corrected chi connectivity index (χ2v) is 34.2. The normalized spacial score (nSPS) is 10.7. The summed E-state index contributed by atoms with van der Waals surface area (Å²) in [5.74, 6) is 2.21. The predicted octanol–water partition coefficient (Wildman–Crippen LogP) is -5.30. The molecule has 650 valence electrons. The van der Waals surface area contributed by atoms with Crippen molar-refractivity contribution in [1.29, 1.82) is 10.5 Å². The summed E-state index contributed by atoms with van der Waals surface area (Å²) in [6.45, 7) is 9.50. The van der Waals surface area contributed by atoms with Crippen LogP contribution in [-0.2, 0) is 51.2 Å². The Morgan fingerprint density at radius 3 is 0.488 bits per heavy atom. The Hall–Kier alpha value is -10.2. The Balaban J connectivity index is -0.00000160. The predicted molar refractivity (Wildman–Crippen MR) is 478 cm³/mol. The summed E-state index contributed by atoms with van der Waals surface area (Å²) in [6.07, 6.45) is 4.83. The van der Waals surface area contributed by atoms with E-state index in [2.05, 4.69) is 243 Å². The van der Waals surface area contributed by atoms with E-state index in [1.54, 1.807) is 0 Å². The molecule has 0 saturated heterocycles. The van der Waals surface area contributed by atoms with Crippen molar-refractivity contribution in [2.75, 3.05) is 24.6 Å². The molecule has 19 rings (SSSR count). The van der Waals surface area contributed by atoms with Crippen molar-refractivity contribution < 1.29 is 107 Å². The van der Waals surface area contributed by atoms with Crippen LogP contribution in [0.5, 0.6) is 0 Å². The minimum absolute atomic E-state index is 0. The Morgan fingerprint density at radius 2 is 0.354 bits per heavy atom. The Bertz CT molecular complexity index is 5280. The Morgan fingerprint density at radius 1 is 0.220 bits per heavy atom. The fourth-order valence-electron chi connectivity index (χ4n) is 13.0. The number of aromatic nitrogens is 4. The molecule has 0 fully saturated rings. The molecule has 18 aromatic rings. The number of fused-ring (bicyclic) bond motifs is 20. The van der Waals surface area contributed by atoms with Crippen LogP contribution >= 0.6 is 31.7 Å². The van der Waals surface area contributed by atoms with E-state index in [1.807, 2.05) is 158 Å². The van der Waals surface area contributed by atoms with Gasteiger partial charge in [-0.1, -0.05) is 340 Å². The molecular formula is C96H74F12Fe3N10P4Sb2-4. The molecule has 8 radical (unpaired) electrons. The van der Waals surface area contributed by atoms with Crippen LogP contribution in [-0.4, -0.2) is 73.5 Å². The summed E-state index contributed by atoms with van der Waals surface area (Å²) in [5, 5.41) is 31.4. The molecule has 1 aliphatic heterocycles. The number of halogens is 12. The molecule has 1 aliphatic rings. The molecule has 0 saturated carbocycles. The number of benzene rings is 12. The van der Waals surface area contributed by atoms with Gasteiger partial charge in [0.25, 0.3) is 0 Å². The molecule has 8 bridgehead atoms. The molecule has 127 heavy (non-hydrogen) atoms. The average Bonchev–Trinajstić information content (AvgIpc) is 1.60. The number of nitrogens with zero attached hydrogens (tertiary/aromatic N) is 10. The molecule has 0 aliphatic carbocycles. The van der Waals surface area contributed by atoms with Crippen LogP contribution < -0.4 is 122 Å². The molecule has 0 unspecified atom stereocenters. The fourth-order valence-corrected chi connectivity index (χ4v) is 23.7. The monoisotopic (exact) mass is 2130 g/mol. The van der Waals surface area contributed by atoms with Crippen molar-refractivity contribution >= 4 is 189 Å². The molecule has 0 amide bonds. The van der Waals surface area contributed by atoms with Crippen LogP contribution in [0.1, 0.15) is 0 Å². The van der Waals surface area contributed by atoms with Gasteiger partial charge in [0.05, 0.1) is 0 Å². The first-order valence-corrected chi connectivity index (χ1v) is 42.4. The second kappa shape index (κ2) is 66.2. The summed E-state index contributed by atoms with van der Waals surface area (Å²) in [7, 11) is -1.39. The third kappa shape index (κ3) is 32.8. The largest absolute Gasteiger partial charge is 3.00 e. The van der Waals surface area contributed by atoms with Crippen LogP contribution in [0, 0.1) is 23.7 Å². The summed E-state index contributed by atoms with van der Waals surface area (Å²) >= 11 is 0. The third-order valence-electron chi connectivity index (χ3n) is 18.1. The minimum atomic E-state index is -0.348. The molecule has 4 aromatic heterocycles. The molecule has 10 nitrogen and oxygen atoms in total. The van der Waals surface area contributed by atoms with Gasteiger partial charge in [-0.25, -0.2) is 24.3 Å². The van der Waals surface area contributed by atoms with Crippen LogP contribution in [0.4, 0.5) is 41.6 Å². The van der Waals surface area contributed by atoms with Crippen molar-refractivity contribution in [2.24, 2.45) is 20.0 Å². The first kappa shape index (κ1) is 121. The Labute approximate surface area is 799 Å². The Kier molecular flexibility index (Phi) is 63.0. The zero-order chi connectivity index (χ0) is 79.3. The van der Waals surface area contributed by atoms with E-state index >= 15 is 0 Å². The summed E-state index contributed by atoms with van der Waals surface area (Å²) in [4.78, 5) is 39.3. The van der Waals surface area contributed by atoms with Crippen LogP contribution in [0.2, 0.25) is 0 Å². The van der Waals surface area contributed by atoms with Gasteiger partial charge in [0.1, 0.15) is 0 Å². The van der Waals surface area contributed by atoms with Gasteiger partial charge in [-0.2, -0.15) is 36.4 Å². The first-order chi connectivity index (χ1) is 56.6. The van der Waals surface area contributed by atoms with E-state index in [0.29, 0.717) is 45.2 Å². The molecule has 0 spiro atoms. The smallest absolute Gasteiger partial charge is 1.00 e. The van der Waals surface area contributed by atoms with E-state index in [0.717, 1.165) is 43.1 Å². The van der Waals surface area contributed by atoms with E-state index in [1.165, 1.54) is 67.1 Å². The molecular weight excluding hydrogens is 2060 g/mol. The van der Waals surface area contributed by atoms with Crippen LogP contribution in [0.3, 0.4) is 0 Å². The van der Waals surface area contributed by atoms with E-state index in [9.17, 15) is 0 Å². The fraction of sp³-hybridized carbons (Fsp3) is 0.0417. The van der Waals surface area contributed by atoms with Crippen molar-refractivity contribution in [3.05, 3.63) is 435 Å². The maximum atomic E-state index is 8.00. The topological polar surface area (TPSA) is 153 Å². The zero-order valence-electron chi connectivity index (χ0n) is 66.7. The van der Waals surface area contributed by atoms with Crippen molar-refractivity contribution in [3.63, 3.8) is 0 Å². The number of hydrogen-bond acceptors (Lipinski definition) is 6.